The van der Waals surface area contributed by atoms with Crippen molar-refractivity contribution >= 4 is 0 Å². The first-order valence-electron chi connectivity index (χ1n) is 15.1. The normalized spacial score (nSPS) is 33.4. The zero-order valence-electron chi connectivity index (χ0n) is 24.4. The third-order valence-corrected chi connectivity index (χ3v) is 9.72. The highest BCUT2D eigenvalue weighted by Gasteiger charge is 2.41. The summed E-state index contributed by atoms with van der Waals surface area (Å²) >= 11 is 0. The second-order valence-electron chi connectivity index (χ2n) is 13.7. The molecule has 0 aromatic rings. The van der Waals surface area contributed by atoms with Gasteiger partial charge in [-0.1, -0.05) is 13.8 Å². The van der Waals surface area contributed by atoms with Crippen LogP contribution in [0.5, 0.6) is 0 Å². The molecule has 0 aromatic heterocycles. The van der Waals surface area contributed by atoms with Gasteiger partial charge in [0.05, 0.1) is 48.8 Å². The van der Waals surface area contributed by atoms with Crippen LogP contribution in [0.3, 0.4) is 0 Å². The topological polar surface area (TPSA) is 52.2 Å². The van der Waals surface area contributed by atoms with E-state index in [1.165, 1.54) is 0 Å². The standard InChI is InChI=1S/C30H56N2O4/c1-21(30(6,7)22(2)34-27-19-28(20-27)36-23-10-14-31-15-11-23)33-25-8-9-26(18-25)35-24-12-16-32(17-13-24)29(3,4)5/h21-28,31H,8-20H2,1-7H3/t21-,22-,25?,26?,27-,28+/m0/s1. The number of nitrogens with zero attached hydrogens (tertiary/aromatic N) is 1. The van der Waals surface area contributed by atoms with Gasteiger partial charge in [0.25, 0.3) is 0 Å². The van der Waals surface area contributed by atoms with E-state index >= 15 is 0 Å². The summed E-state index contributed by atoms with van der Waals surface area (Å²) < 4.78 is 26.0. The van der Waals surface area contributed by atoms with Crippen LogP contribution in [-0.2, 0) is 18.9 Å². The van der Waals surface area contributed by atoms with Crippen molar-refractivity contribution in [3.8, 4) is 0 Å². The molecule has 6 heteroatoms. The minimum atomic E-state index is -0.0420. The molecule has 4 rings (SSSR count). The first-order chi connectivity index (χ1) is 17.0. The minimum Gasteiger partial charge on any atom is -0.375 e. The van der Waals surface area contributed by atoms with Crippen LogP contribution < -0.4 is 5.32 Å². The van der Waals surface area contributed by atoms with E-state index in [2.05, 4.69) is 58.7 Å². The van der Waals surface area contributed by atoms with Crippen molar-refractivity contribution in [2.45, 2.75) is 161 Å². The first-order valence-corrected chi connectivity index (χ1v) is 15.1. The monoisotopic (exact) mass is 508 g/mol. The van der Waals surface area contributed by atoms with Crippen LogP contribution in [0, 0.1) is 5.41 Å². The van der Waals surface area contributed by atoms with Gasteiger partial charge in [0, 0.05) is 24.0 Å². The van der Waals surface area contributed by atoms with Gasteiger partial charge in [-0.2, -0.15) is 0 Å². The van der Waals surface area contributed by atoms with E-state index in [0.29, 0.717) is 36.6 Å². The fourth-order valence-electron chi connectivity index (χ4n) is 6.28. The van der Waals surface area contributed by atoms with Crippen molar-refractivity contribution in [2.24, 2.45) is 5.41 Å². The number of hydrogen-bond donors (Lipinski definition) is 1. The number of ether oxygens (including phenoxy) is 4. The Labute approximate surface area is 221 Å². The molecule has 2 aliphatic heterocycles. The van der Waals surface area contributed by atoms with Crippen LogP contribution in [0.15, 0.2) is 0 Å². The van der Waals surface area contributed by atoms with Crippen molar-refractivity contribution in [1.29, 1.82) is 0 Å². The van der Waals surface area contributed by atoms with E-state index in [-0.39, 0.29) is 23.2 Å². The van der Waals surface area contributed by atoms with Crippen molar-refractivity contribution < 1.29 is 18.9 Å². The summed E-state index contributed by atoms with van der Waals surface area (Å²) in [6.07, 6.45) is 12.5. The van der Waals surface area contributed by atoms with Gasteiger partial charge in [-0.15, -0.1) is 0 Å². The van der Waals surface area contributed by atoms with E-state index in [1.54, 1.807) is 0 Å². The van der Waals surface area contributed by atoms with E-state index in [1.807, 2.05) is 0 Å². The number of hydrogen-bond acceptors (Lipinski definition) is 6. The predicted octanol–water partition coefficient (Wildman–Crippen LogP) is 5.32. The molecule has 2 heterocycles. The van der Waals surface area contributed by atoms with Crippen molar-refractivity contribution in [3.63, 3.8) is 0 Å². The maximum absolute atomic E-state index is 6.63. The maximum Gasteiger partial charge on any atom is 0.0628 e. The number of piperidine rings is 2. The zero-order valence-corrected chi connectivity index (χ0v) is 24.4. The molecule has 1 N–H and O–H groups in total. The van der Waals surface area contributed by atoms with Gasteiger partial charge in [0.15, 0.2) is 0 Å². The lowest BCUT2D eigenvalue weighted by molar-refractivity contribution is -0.182. The van der Waals surface area contributed by atoms with Crippen LogP contribution >= 0.6 is 0 Å². The number of likely N-dealkylation sites (tertiary alicyclic amines) is 1. The summed E-state index contributed by atoms with van der Waals surface area (Å²) in [5.41, 5.74) is 0.224. The molecule has 6 nitrogen and oxygen atoms in total. The summed E-state index contributed by atoms with van der Waals surface area (Å²) in [7, 11) is 0. The molecular formula is C30H56N2O4. The Balaban J connectivity index is 1.13. The molecule has 2 saturated carbocycles. The lowest BCUT2D eigenvalue weighted by atomic mass is 9.81. The molecule has 2 unspecified atom stereocenters. The quantitative estimate of drug-likeness (QED) is 0.431. The lowest BCUT2D eigenvalue weighted by Gasteiger charge is -2.44. The van der Waals surface area contributed by atoms with E-state index in [0.717, 1.165) is 84.0 Å². The van der Waals surface area contributed by atoms with E-state index in [9.17, 15) is 0 Å². The zero-order chi connectivity index (χ0) is 25.9. The van der Waals surface area contributed by atoms with E-state index < -0.39 is 0 Å². The largest absolute Gasteiger partial charge is 0.375 e. The van der Waals surface area contributed by atoms with E-state index in [4.69, 9.17) is 18.9 Å². The molecule has 0 bridgehead atoms. The molecule has 4 aliphatic rings. The Hall–Kier alpha value is -0.240. The van der Waals surface area contributed by atoms with Crippen molar-refractivity contribution in [3.05, 3.63) is 0 Å². The Morgan fingerprint density at radius 2 is 1.11 bits per heavy atom. The van der Waals surface area contributed by atoms with Gasteiger partial charge >= 0.3 is 0 Å². The lowest BCUT2D eigenvalue weighted by Crippen LogP contribution is -2.48. The van der Waals surface area contributed by atoms with Crippen molar-refractivity contribution in [2.75, 3.05) is 26.2 Å². The fraction of sp³-hybridized carbons (Fsp3) is 1.00. The second kappa shape index (κ2) is 12.3. The molecule has 2 saturated heterocycles. The molecule has 0 spiro atoms. The van der Waals surface area contributed by atoms with Crippen molar-refractivity contribution in [1.82, 2.24) is 10.2 Å². The third kappa shape index (κ3) is 7.66. The molecule has 0 amide bonds. The summed E-state index contributed by atoms with van der Waals surface area (Å²) in [4.78, 5) is 2.59. The summed E-state index contributed by atoms with van der Waals surface area (Å²) in [5, 5.41) is 3.41. The smallest absolute Gasteiger partial charge is 0.0628 e. The molecule has 36 heavy (non-hydrogen) atoms. The molecule has 4 atom stereocenters. The average Bonchev–Trinajstić information content (AvgIpc) is 3.24. The molecular weight excluding hydrogens is 452 g/mol. The Bertz CT molecular complexity index is 660. The SMILES string of the molecule is C[C@H](OC1CCC(OC2CCN(C(C)(C)C)CC2)C1)C(C)(C)[C@H](C)O[C@H]1C[C@@H](OC2CCNCC2)C1. The fourth-order valence-corrected chi connectivity index (χ4v) is 6.28. The summed E-state index contributed by atoms with van der Waals surface area (Å²) in [6, 6.07) is 0. The first kappa shape index (κ1) is 28.8. The van der Waals surface area contributed by atoms with Gasteiger partial charge in [-0.3, -0.25) is 4.90 Å². The highest BCUT2D eigenvalue weighted by atomic mass is 16.5. The van der Waals surface area contributed by atoms with Crippen LogP contribution in [0.4, 0.5) is 0 Å². The Kier molecular flexibility index (Phi) is 9.82. The van der Waals surface area contributed by atoms with Crippen LogP contribution in [0.2, 0.25) is 0 Å². The van der Waals surface area contributed by atoms with Gasteiger partial charge < -0.3 is 24.3 Å². The van der Waals surface area contributed by atoms with Crippen LogP contribution in [-0.4, -0.2) is 85.4 Å². The summed E-state index contributed by atoms with van der Waals surface area (Å²) in [5.74, 6) is 0. The highest BCUT2D eigenvalue weighted by molar-refractivity contribution is 4.90. The molecule has 4 fully saturated rings. The maximum atomic E-state index is 6.63. The van der Waals surface area contributed by atoms with Gasteiger partial charge in [-0.05, 0) is 105 Å². The average molecular weight is 509 g/mol. The van der Waals surface area contributed by atoms with Crippen LogP contribution in [0.1, 0.15) is 106 Å². The Morgan fingerprint density at radius 3 is 1.72 bits per heavy atom. The van der Waals surface area contributed by atoms with Crippen LogP contribution in [0.25, 0.3) is 0 Å². The van der Waals surface area contributed by atoms with Gasteiger partial charge in [0.1, 0.15) is 0 Å². The molecule has 210 valence electrons. The Morgan fingerprint density at radius 1 is 0.611 bits per heavy atom. The predicted molar refractivity (Wildman–Crippen MR) is 146 cm³/mol. The molecule has 0 radical (unpaired) electrons. The number of rotatable bonds is 10. The van der Waals surface area contributed by atoms with Gasteiger partial charge in [0.2, 0.25) is 0 Å². The number of nitrogens with one attached hydrogen (secondary N) is 1. The molecule has 2 aliphatic carbocycles. The highest BCUT2D eigenvalue weighted by Crippen LogP contribution is 2.38. The third-order valence-electron chi connectivity index (χ3n) is 9.72. The molecule has 0 aromatic carbocycles. The summed E-state index contributed by atoms with van der Waals surface area (Å²) in [6.45, 7) is 20.5. The van der Waals surface area contributed by atoms with Gasteiger partial charge in [-0.25, -0.2) is 0 Å². The minimum absolute atomic E-state index is 0.0420. The second-order valence-corrected chi connectivity index (χ2v) is 13.7.